The van der Waals surface area contributed by atoms with E-state index >= 15 is 0 Å². The van der Waals surface area contributed by atoms with Crippen molar-refractivity contribution < 1.29 is 24.2 Å². The standard InChI is InChI=1S/C25H35NO6/c1-4-5-6-7-8-9-10-11-15-19(3)23(28)22-20(27)17-21(32-24(22)29)18(2)14-12-13-16-26-25(30)31/h10-11,13,15-18,26-27H,4-9,12,14H2,1-3H3,(H,30,31)/b11-10+,16-13+,19-15+. The lowest BCUT2D eigenvalue weighted by Gasteiger charge is -2.11. The van der Waals surface area contributed by atoms with E-state index in [0.29, 0.717) is 18.4 Å². The second-order valence-electron chi connectivity index (χ2n) is 7.84. The van der Waals surface area contributed by atoms with Gasteiger partial charge in [-0.1, -0.05) is 63.8 Å². The highest BCUT2D eigenvalue weighted by molar-refractivity contribution is 6.09. The Kier molecular flexibility index (Phi) is 12.5. The average Bonchev–Trinajstić information content (AvgIpc) is 2.74. The number of amides is 1. The number of Topliss-reactive ketones (excluding diaryl/α,β-unsaturated/α-hetero) is 1. The molecule has 1 heterocycles. The lowest BCUT2D eigenvalue weighted by molar-refractivity contribution is 0.102. The van der Waals surface area contributed by atoms with E-state index in [0.717, 1.165) is 12.8 Å². The smallest absolute Gasteiger partial charge is 0.408 e. The highest BCUT2D eigenvalue weighted by Crippen LogP contribution is 2.25. The Bertz CT molecular complexity index is 894. The molecule has 0 fully saturated rings. The third kappa shape index (κ3) is 9.81. The molecule has 1 amide bonds. The van der Waals surface area contributed by atoms with Crippen molar-refractivity contribution in [3.05, 3.63) is 63.9 Å². The fraction of sp³-hybridized carbons (Fsp3) is 0.480. The van der Waals surface area contributed by atoms with E-state index in [4.69, 9.17) is 9.52 Å². The van der Waals surface area contributed by atoms with Gasteiger partial charge in [0.1, 0.15) is 17.1 Å². The Morgan fingerprint density at radius 1 is 1.16 bits per heavy atom. The molecule has 1 aromatic rings. The molecular weight excluding hydrogens is 410 g/mol. The lowest BCUT2D eigenvalue weighted by atomic mass is 10.00. The van der Waals surface area contributed by atoms with Gasteiger partial charge >= 0.3 is 11.7 Å². The summed E-state index contributed by atoms with van der Waals surface area (Å²) in [4.78, 5) is 35.4. The van der Waals surface area contributed by atoms with E-state index in [-0.39, 0.29) is 17.2 Å². The molecule has 0 aliphatic carbocycles. The zero-order valence-corrected chi connectivity index (χ0v) is 19.2. The van der Waals surface area contributed by atoms with Crippen molar-refractivity contribution in [1.82, 2.24) is 5.32 Å². The topological polar surface area (TPSA) is 117 Å². The van der Waals surface area contributed by atoms with Crippen molar-refractivity contribution in [1.29, 1.82) is 0 Å². The Hall–Kier alpha value is -3.09. The minimum absolute atomic E-state index is 0.205. The van der Waals surface area contributed by atoms with E-state index in [9.17, 15) is 19.5 Å². The third-order valence-electron chi connectivity index (χ3n) is 5.07. The van der Waals surface area contributed by atoms with Crippen LogP contribution in [-0.2, 0) is 0 Å². The molecule has 3 N–H and O–H groups in total. The maximum absolute atomic E-state index is 12.6. The van der Waals surface area contributed by atoms with Crippen molar-refractivity contribution in [2.75, 3.05) is 0 Å². The summed E-state index contributed by atoms with van der Waals surface area (Å²) in [6.45, 7) is 5.59. The number of hydrogen-bond acceptors (Lipinski definition) is 5. The van der Waals surface area contributed by atoms with Gasteiger partial charge in [-0.3, -0.25) is 10.1 Å². The predicted octanol–water partition coefficient (Wildman–Crippen LogP) is 6.06. The van der Waals surface area contributed by atoms with Crippen LogP contribution < -0.4 is 10.9 Å². The molecule has 32 heavy (non-hydrogen) atoms. The van der Waals surface area contributed by atoms with Gasteiger partial charge in [-0.15, -0.1) is 0 Å². The molecule has 0 saturated carbocycles. The van der Waals surface area contributed by atoms with Crippen LogP contribution in [0.2, 0.25) is 0 Å². The van der Waals surface area contributed by atoms with Crippen LogP contribution in [-0.4, -0.2) is 22.1 Å². The van der Waals surface area contributed by atoms with Crippen molar-refractivity contribution >= 4 is 11.9 Å². The van der Waals surface area contributed by atoms with Gasteiger partial charge in [-0.2, -0.15) is 0 Å². The molecule has 176 valence electrons. The molecule has 0 radical (unpaired) electrons. The highest BCUT2D eigenvalue weighted by Gasteiger charge is 2.21. The highest BCUT2D eigenvalue weighted by atomic mass is 16.4. The molecule has 0 aliphatic rings. The Morgan fingerprint density at radius 2 is 1.88 bits per heavy atom. The second-order valence-corrected chi connectivity index (χ2v) is 7.84. The van der Waals surface area contributed by atoms with Crippen molar-refractivity contribution in [2.24, 2.45) is 0 Å². The molecule has 0 aromatic carbocycles. The van der Waals surface area contributed by atoms with Crippen LogP contribution in [0.1, 0.15) is 94.2 Å². The maximum atomic E-state index is 12.6. The van der Waals surface area contributed by atoms with Crippen LogP contribution in [0.25, 0.3) is 0 Å². The quantitative estimate of drug-likeness (QED) is 0.139. The van der Waals surface area contributed by atoms with Crippen LogP contribution in [0.3, 0.4) is 0 Å². The van der Waals surface area contributed by atoms with Gasteiger partial charge in [0.15, 0.2) is 5.78 Å². The van der Waals surface area contributed by atoms with Crippen LogP contribution in [0.4, 0.5) is 4.79 Å². The number of hydrogen-bond donors (Lipinski definition) is 3. The number of nitrogens with one attached hydrogen (secondary N) is 1. The zero-order chi connectivity index (χ0) is 23.9. The van der Waals surface area contributed by atoms with Crippen LogP contribution in [0, 0.1) is 0 Å². The summed E-state index contributed by atoms with van der Waals surface area (Å²) < 4.78 is 5.29. The Balaban J connectivity index is 2.72. The van der Waals surface area contributed by atoms with Gasteiger partial charge in [-0.25, -0.2) is 9.59 Å². The van der Waals surface area contributed by atoms with E-state index in [1.807, 2.05) is 13.0 Å². The number of rotatable bonds is 14. The number of carboxylic acid groups (broad SMARTS) is 1. The van der Waals surface area contributed by atoms with Gasteiger partial charge in [0.2, 0.25) is 0 Å². The number of unbranched alkanes of at least 4 members (excludes halogenated alkanes) is 5. The van der Waals surface area contributed by atoms with Gasteiger partial charge in [0.05, 0.1) is 0 Å². The molecule has 0 spiro atoms. The average molecular weight is 446 g/mol. The third-order valence-corrected chi connectivity index (χ3v) is 5.07. The van der Waals surface area contributed by atoms with Crippen LogP contribution >= 0.6 is 0 Å². The van der Waals surface area contributed by atoms with E-state index in [1.165, 1.54) is 37.9 Å². The fourth-order valence-corrected chi connectivity index (χ4v) is 3.10. The molecule has 0 aliphatic heterocycles. The van der Waals surface area contributed by atoms with E-state index in [1.54, 1.807) is 25.2 Å². The fourth-order valence-electron chi connectivity index (χ4n) is 3.10. The first-order valence-corrected chi connectivity index (χ1v) is 11.2. The van der Waals surface area contributed by atoms with Crippen LogP contribution in [0.15, 0.2) is 51.4 Å². The molecule has 1 atom stereocenters. The van der Waals surface area contributed by atoms with Gasteiger partial charge in [-0.05, 0) is 38.2 Å². The molecular formula is C25H35NO6. The van der Waals surface area contributed by atoms with Crippen molar-refractivity contribution in [2.45, 2.75) is 78.1 Å². The first kappa shape index (κ1) is 26.9. The monoisotopic (exact) mass is 445 g/mol. The van der Waals surface area contributed by atoms with E-state index in [2.05, 4.69) is 12.2 Å². The summed E-state index contributed by atoms with van der Waals surface area (Å²) in [7, 11) is 0. The predicted molar refractivity (Wildman–Crippen MR) is 125 cm³/mol. The number of aromatic hydroxyl groups is 1. The summed E-state index contributed by atoms with van der Waals surface area (Å²) in [6, 6.07) is 1.30. The SMILES string of the molecule is CCCCCCC/C=C/C=C(\C)C(=O)c1c(O)cc(C(C)CC/C=C/NC(=O)O)oc1=O. The lowest BCUT2D eigenvalue weighted by Crippen LogP contribution is -2.16. The Labute approximate surface area is 189 Å². The van der Waals surface area contributed by atoms with Crippen LogP contribution in [0.5, 0.6) is 5.75 Å². The van der Waals surface area contributed by atoms with Crippen molar-refractivity contribution in [3.8, 4) is 5.75 Å². The largest absolute Gasteiger partial charge is 0.507 e. The normalized spacial score (nSPS) is 13.0. The molecule has 0 saturated heterocycles. The molecule has 1 unspecified atom stereocenters. The second kappa shape index (κ2) is 14.8. The number of ketones is 1. The summed E-state index contributed by atoms with van der Waals surface area (Å²) in [5.41, 5.74) is -0.896. The molecule has 1 aromatic heterocycles. The number of allylic oxidation sites excluding steroid dienone is 5. The first-order valence-electron chi connectivity index (χ1n) is 11.2. The Morgan fingerprint density at radius 3 is 2.53 bits per heavy atom. The molecule has 0 bridgehead atoms. The maximum Gasteiger partial charge on any atom is 0.408 e. The first-order chi connectivity index (χ1) is 15.3. The number of carbonyl (C=O) groups is 2. The summed E-state index contributed by atoms with van der Waals surface area (Å²) >= 11 is 0. The summed E-state index contributed by atoms with van der Waals surface area (Å²) in [5.74, 6) is -0.896. The zero-order valence-electron chi connectivity index (χ0n) is 19.2. The number of carbonyl (C=O) groups excluding carboxylic acids is 1. The van der Waals surface area contributed by atoms with Crippen molar-refractivity contribution in [3.63, 3.8) is 0 Å². The molecule has 1 rings (SSSR count). The summed E-state index contributed by atoms with van der Waals surface area (Å²) in [6.07, 6.45) is 15.3. The van der Waals surface area contributed by atoms with Gasteiger partial charge < -0.3 is 14.6 Å². The summed E-state index contributed by atoms with van der Waals surface area (Å²) in [5, 5.41) is 20.9. The molecule has 7 heteroatoms. The minimum atomic E-state index is -1.15. The minimum Gasteiger partial charge on any atom is -0.507 e. The van der Waals surface area contributed by atoms with Gasteiger partial charge in [0.25, 0.3) is 0 Å². The van der Waals surface area contributed by atoms with E-state index < -0.39 is 23.3 Å². The molecule has 7 nitrogen and oxygen atoms in total. The van der Waals surface area contributed by atoms with Gasteiger partial charge in [0, 0.05) is 18.2 Å².